The van der Waals surface area contributed by atoms with Crippen LogP contribution in [0.15, 0.2) is 29.6 Å². The second-order valence-electron chi connectivity index (χ2n) is 8.60. The quantitative estimate of drug-likeness (QED) is 0.451. The van der Waals surface area contributed by atoms with Gasteiger partial charge in [0.15, 0.2) is 16.7 Å². The molecule has 2 aliphatic rings. The molecule has 0 unspecified atom stereocenters. The average Bonchev–Trinajstić information content (AvgIpc) is 2.86. The van der Waals surface area contributed by atoms with Crippen molar-refractivity contribution in [2.45, 2.75) is 43.4 Å². The van der Waals surface area contributed by atoms with Crippen molar-refractivity contribution in [2.75, 3.05) is 39.6 Å². The second-order valence-corrected chi connectivity index (χ2v) is 9.54. The minimum absolute atomic E-state index is 0.0282. The highest BCUT2D eigenvalue weighted by Crippen LogP contribution is 2.34. The number of ether oxygens (including phenoxy) is 2. The number of nitrogens with zero attached hydrogens (tertiary/aromatic N) is 3. The molecule has 0 aliphatic carbocycles. The molecule has 0 radical (unpaired) electrons. The smallest absolute Gasteiger partial charge is 0.248 e. The van der Waals surface area contributed by atoms with Crippen molar-refractivity contribution in [1.82, 2.24) is 25.5 Å². The molecule has 9 nitrogen and oxygen atoms in total. The number of amides is 2. The fourth-order valence-electron chi connectivity index (χ4n) is 4.53. The lowest BCUT2D eigenvalue weighted by atomic mass is 9.85. The number of rotatable bonds is 7. The largest absolute Gasteiger partial charge is 0.493 e. The number of carbonyl (C=O) groups is 2. The molecule has 4 rings (SSSR count). The Morgan fingerprint density at radius 3 is 2.56 bits per heavy atom. The van der Waals surface area contributed by atoms with Gasteiger partial charge in [-0.2, -0.15) is 0 Å². The van der Waals surface area contributed by atoms with Crippen molar-refractivity contribution >= 4 is 23.6 Å². The summed E-state index contributed by atoms with van der Waals surface area (Å²) in [5.74, 6) is 1.29. The number of nitrogens with one attached hydrogen (secondary N) is 2. The molecular formula is C24H31N5O4S. The zero-order valence-corrected chi connectivity index (χ0v) is 20.7. The monoisotopic (exact) mass is 485 g/mol. The van der Waals surface area contributed by atoms with Crippen LogP contribution >= 0.6 is 11.8 Å². The standard InChI is InChI=1S/C24H31N5O4S/c1-16-4-8-26-23(27-16)34-15-21(30)28-24(6-9-25-10-7-24)22(31)29-11-5-17-12-19(32-2)20(33-3)13-18(17)14-29/h4,8,12-13,25H,5-7,9-11,14-15H2,1-3H3,(H,28,30). The van der Waals surface area contributed by atoms with Gasteiger partial charge in [-0.05, 0) is 68.6 Å². The second kappa shape index (κ2) is 10.6. The first-order valence-electron chi connectivity index (χ1n) is 11.4. The van der Waals surface area contributed by atoms with Crippen LogP contribution in [0.3, 0.4) is 0 Å². The van der Waals surface area contributed by atoms with Gasteiger partial charge in [-0.15, -0.1) is 0 Å². The van der Waals surface area contributed by atoms with Gasteiger partial charge in [0.05, 0.1) is 20.0 Å². The molecule has 2 amide bonds. The number of fused-ring (bicyclic) bond motifs is 1. The molecule has 10 heteroatoms. The third-order valence-corrected chi connectivity index (χ3v) is 7.22. The van der Waals surface area contributed by atoms with E-state index in [2.05, 4.69) is 20.6 Å². The summed E-state index contributed by atoms with van der Waals surface area (Å²) in [6.45, 7) is 4.31. The molecule has 3 heterocycles. The summed E-state index contributed by atoms with van der Waals surface area (Å²) in [6, 6.07) is 5.75. The fraction of sp³-hybridized carbons (Fsp3) is 0.500. The normalized spacial score (nSPS) is 17.0. The summed E-state index contributed by atoms with van der Waals surface area (Å²) < 4.78 is 10.9. The van der Waals surface area contributed by atoms with E-state index in [-0.39, 0.29) is 17.6 Å². The van der Waals surface area contributed by atoms with Crippen LogP contribution in [0.2, 0.25) is 0 Å². The molecule has 1 aromatic heterocycles. The van der Waals surface area contributed by atoms with Crippen molar-refractivity contribution in [3.05, 3.63) is 41.2 Å². The molecule has 0 atom stereocenters. The predicted octanol–water partition coefficient (Wildman–Crippen LogP) is 1.72. The molecule has 182 valence electrons. The SMILES string of the molecule is COc1cc2c(cc1OC)CN(C(=O)C1(NC(=O)CSc3nccc(C)n3)CCNCC1)CC2. The Hall–Kier alpha value is -2.85. The predicted molar refractivity (Wildman–Crippen MR) is 129 cm³/mol. The zero-order chi connectivity index (χ0) is 24.1. The number of aryl methyl sites for hydroxylation is 1. The molecule has 34 heavy (non-hydrogen) atoms. The van der Waals surface area contributed by atoms with E-state index in [1.54, 1.807) is 20.4 Å². The molecule has 2 aliphatic heterocycles. The number of piperidine rings is 1. The van der Waals surface area contributed by atoms with Crippen LogP contribution in [0.1, 0.15) is 29.7 Å². The highest BCUT2D eigenvalue weighted by atomic mass is 32.2. The number of benzene rings is 1. The Labute approximate surface area is 204 Å². The molecule has 1 fully saturated rings. The summed E-state index contributed by atoms with van der Waals surface area (Å²) >= 11 is 1.27. The van der Waals surface area contributed by atoms with Crippen LogP contribution in [0.25, 0.3) is 0 Å². The Kier molecular flexibility index (Phi) is 7.57. The topological polar surface area (TPSA) is 106 Å². The van der Waals surface area contributed by atoms with E-state index in [4.69, 9.17) is 9.47 Å². The van der Waals surface area contributed by atoms with Crippen molar-refractivity contribution in [1.29, 1.82) is 0 Å². The molecular weight excluding hydrogens is 454 g/mol. The number of hydrogen-bond donors (Lipinski definition) is 2. The van der Waals surface area contributed by atoms with E-state index < -0.39 is 5.54 Å². The van der Waals surface area contributed by atoms with Crippen LogP contribution in [0.4, 0.5) is 0 Å². The summed E-state index contributed by atoms with van der Waals surface area (Å²) in [5, 5.41) is 6.94. The summed E-state index contributed by atoms with van der Waals surface area (Å²) in [5.41, 5.74) is 2.13. The Balaban J connectivity index is 1.47. The lowest BCUT2D eigenvalue weighted by Gasteiger charge is -2.42. The number of aromatic nitrogens is 2. The maximum Gasteiger partial charge on any atom is 0.248 e. The van der Waals surface area contributed by atoms with Crippen LogP contribution in [0, 0.1) is 6.92 Å². The molecule has 2 aromatic rings. The third-order valence-electron chi connectivity index (χ3n) is 6.36. The van der Waals surface area contributed by atoms with Gasteiger partial charge >= 0.3 is 0 Å². The van der Waals surface area contributed by atoms with E-state index in [1.165, 1.54) is 11.8 Å². The van der Waals surface area contributed by atoms with Gasteiger partial charge in [-0.3, -0.25) is 9.59 Å². The maximum atomic E-state index is 13.8. The molecule has 1 aromatic carbocycles. The van der Waals surface area contributed by atoms with E-state index in [0.717, 1.165) is 23.2 Å². The number of methoxy groups -OCH3 is 2. The minimum atomic E-state index is -0.912. The van der Waals surface area contributed by atoms with Crippen molar-refractivity contribution < 1.29 is 19.1 Å². The first-order chi connectivity index (χ1) is 16.4. The van der Waals surface area contributed by atoms with E-state index in [1.807, 2.05) is 30.0 Å². The Morgan fingerprint density at radius 1 is 1.18 bits per heavy atom. The number of hydrogen-bond acceptors (Lipinski definition) is 8. The van der Waals surface area contributed by atoms with Gasteiger partial charge in [0.1, 0.15) is 5.54 Å². The first kappa shape index (κ1) is 24.3. The summed E-state index contributed by atoms with van der Waals surface area (Å²) in [7, 11) is 3.23. The van der Waals surface area contributed by atoms with Gasteiger partial charge in [0.25, 0.3) is 0 Å². The molecule has 2 N–H and O–H groups in total. The average molecular weight is 486 g/mol. The van der Waals surface area contributed by atoms with E-state index in [0.29, 0.717) is 55.7 Å². The van der Waals surface area contributed by atoms with E-state index in [9.17, 15) is 9.59 Å². The van der Waals surface area contributed by atoms with Crippen molar-refractivity contribution in [3.8, 4) is 11.5 Å². The maximum absolute atomic E-state index is 13.8. The van der Waals surface area contributed by atoms with Gasteiger partial charge < -0.3 is 25.0 Å². The molecule has 1 saturated heterocycles. The molecule has 0 spiro atoms. The zero-order valence-electron chi connectivity index (χ0n) is 19.8. The third kappa shape index (κ3) is 5.28. The van der Waals surface area contributed by atoms with Gasteiger partial charge in [0.2, 0.25) is 11.8 Å². The van der Waals surface area contributed by atoms with Crippen LogP contribution in [-0.4, -0.2) is 71.8 Å². The first-order valence-corrected chi connectivity index (χ1v) is 12.4. The minimum Gasteiger partial charge on any atom is -0.493 e. The molecule has 0 bridgehead atoms. The highest BCUT2D eigenvalue weighted by molar-refractivity contribution is 7.99. The lowest BCUT2D eigenvalue weighted by Crippen LogP contribution is -2.64. The highest BCUT2D eigenvalue weighted by Gasteiger charge is 2.44. The van der Waals surface area contributed by atoms with Gasteiger partial charge in [-0.1, -0.05) is 11.8 Å². The van der Waals surface area contributed by atoms with Crippen LogP contribution < -0.4 is 20.1 Å². The van der Waals surface area contributed by atoms with Crippen molar-refractivity contribution in [3.63, 3.8) is 0 Å². The Bertz CT molecular complexity index is 1060. The Morgan fingerprint density at radius 2 is 1.88 bits per heavy atom. The lowest BCUT2D eigenvalue weighted by molar-refractivity contribution is -0.143. The van der Waals surface area contributed by atoms with Crippen LogP contribution in [0.5, 0.6) is 11.5 Å². The van der Waals surface area contributed by atoms with Gasteiger partial charge in [-0.25, -0.2) is 9.97 Å². The molecule has 0 saturated carbocycles. The summed E-state index contributed by atoms with van der Waals surface area (Å²) in [6.07, 6.45) is 3.51. The fourth-order valence-corrected chi connectivity index (χ4v) is 5.21. The number of carbonyl (C=O) groups excluding carboxylic acids is 2. The van der Waals surface area contributed by atoms with Crippen LogP contribution in [-0.2, 0) is 22.6 Å². The van der Waals surface area contributed by atoms with Gasteiger partial charge in [0, 0.05) is 25.0 Å². The number of thioether (sulfide) groups is 1. The summed E-state index contributed by atoms with van der Waals surface area (Å²) in [4.78, 5) is 37.1. The van der Waals surface area contributed by atoms with E-state index >= 15 is 0 Å². The van der Waals surface area contributed by atoms with Crippen molar-refractivity contribution in [2.24, 2.45) is 0 Å².